The lowest BCUT2D eigenvalue weighted by atomic mass is 10.1. The fourth-order valence-electron chi connectivity index (χ4n) is 4.60. The lowest BCUT2D eigenvalue weighted by Gasteiger charge is -2.12. The molecule has 0 aliphatic heterocycles. The van der Waals surface area contributed by atoms with Gasteiger partial charge in [-0.1, -0.05) is 36.6 Å². The molecule has 5 aromatic rings. The van der Waals surface area contributed by atoms with Gasteiger partial charge >= 0.3 is 0 Å². The van der Waals surface area contributed by atoms with E-state index >= 15 is 0 Å². The number of aldehydes is 1. The predicted molar refractivity (Wildman–Crippen MR) is 164 cm³/mol. The van der Waals surface area contributed by atoms with Crippen molar-refractivity contribution in [1.82, 2.24) is 15.3 Å². The zero-order valence-electron chi connectivity index (χ0n) is 23.1. The maximum atomic E-state index is 13.5. The summed E-state index contributed by atoms with van der Waals surface area (Å²) >= 11 is 6.50. The smallest absolute Gasteiger partial charge is 0.141 e. The van der Waals surface area contributed by atoms with E-state index in [1.54, 1.807) is 24.3 Å². The highest BCUT2D eigenvalue weighted by atomic mass is 35.5. The van der Waals surface area contributed by atoms with Crippen molar-refractivity contribution in [3.63, 3.8) is 0 Å². The molecule has 0 spiro atoms. The zero-order valence-corrected chi connectivity index (χ0v) is 23.9. The highest BCUT2D eigenvalue weighted by Gasteiger charge is 2.11. The minimum atomic E-state index is -0.308. The molecule has 3 aromatic carbocycles. The molecule has 7 nitrogen and oxygen atoms in total. The van der Waals surface area contributed by atoms with Crippen LogP contribution in [-0.4, -0.2) is 22.8 Å². The second-order valence-corrected chi connectivity index (χ2v) is 10.4. The monoisotopic (exact) mass is 586 g/mol. The summed E-state index contributed by atoms with van der Waals surface area (Å²) in [5.41, 5.74) is 3.16. The first-order valence-corrected chi connectivity index (χ1v) is 14.4. The number of furan rings is 1. The normalized spacial score (nSPS) is 11.1. The topological polar surface area (TPSA) is 89.3 Å². The summed E-state index contributed by atoms with van der Waals surface area (Å²) in [5, 5.41) is 8.02. The quantitative estimate of drug-likeness (QED) is 0.0943. The fourth-order valence-corrected chi connectivity index (χ4v) is 4.84. The molecule has 0 bridgehead atoms. The van der Waals surface area contributed by atoms with Crippen LogP contribution in [0.25, 0.3) is 22.2 Å². The van der Waals surface area contributed by atoms with Gasteiger partial charge in [0.1, 0.15) is 48.1 Å². The van der Waals surface area contributed by atoms with Crippen LogP contribution in [0.3, 0.4) is 0 Å². The molecule has 0 amide bonds. The number of carbonyl (C=O) groups excluding carboxylic acids is 1. The Bertz CT molecular complexity index is 1640. The molecule has 0 radical (unpaired) electrons. The molecule has 216 valence electrons. The van der Waals surface area contributed by atoms with Crippen LogP contribution in [0.5, 0.6) is 5.75 Å². The fraction of sp³-hybridized carbons (Fsp3) is 0.242. The van der Waals surface area contributed by atoms with E-state index in [9.17, 15) is 9.18 Å². The molecule has 42 heavy (non-hydrogen) atoms. The molecule has 0 saturated carbocycles. The molecule has 2 N–H and O–H groups in total. The third-order valence-electron chi connectivity index (χ3n) is 6.78. The average Bonchev–Trinajstić information content (AvgIpc) is 3.47. The second kappa shape index (κ2) is 14.6. The first kappa shape index (κ1) is 29.2. The number of fused-ring (bicyclic) bond motifs is 1. The zero-order chi connectivity index (χ0) is 29.1. The Hall–Kier alpha value is -4.27. The second-order valence-electron chi connectivity index (χ2n) is 9.96. The molecule has 2 heterocycles. The van der Waals surface area contributed by atoms with E-state index < -0.39 is 0 Å². The highest BCUT2D eigenvalue weighted by molar-refractivity contribution is 6.32. The molecule has 2 aromatic heterocycles. The van der Waals surface area contributed by atoms with Gasteiger partial charge in [0, 0.05) is 23.1 Å². The van der Waals surface area contributed by atoms with E-state index in [0.717, 1.165) is 77.8 Å². The minimum Gasteiger partial charge on any atom is -0.487 e. The predicted octanol–water partition coefficient (Wildman–Crippen LogP) is 8.24. The Morgan fingerprint density at radius 1 is 0.952 bits per heavy atom. The molecular weight excluding hydrogens is 555 g/mol. The number of hydrogen-bond donors (Lipinski definition) is 2. The van der Waals surface area contributed by atoms with Crippen molar-refractivity contribution >= 4 is 40.3 Å². The molecule has 0 unspecified atom stereocenters. The lowest BCUT2D eigenvalue weighted by molar-refractivity contribution is -0.107. The van der Waals surface area contributed by atoms with Crippen LogP contribution >= 0.6 is 11.6 Å². The van der Waals surface area contributed by atoms with Crippen molar-refractivity contribution in [1.29, 1.82) is 0 Å². The SMILES string of the molecule is O=CCCCCCCNCc1ccc(-c2ccc3ncnc(Nc4ccc(OCc5cccc(F)c5)c(Cl)c4)c3c2)o1. The van der Waals surface area contributed by atoms with E-state index in [2.05, 4.69) is 20.6 Å². The number of nitrogens with zero attached hydrogens (tertiary/aromatic N) is 2. The van der Waals surface area contributed by atoms with Crippen molar-refractivity contribution in [2.24, 2.45) is 0 Å². The summed E-state index contributed by atoms with van der Waals surface area (Å²) in [6.45, 7) is 1.77. The Labute approximate surface area is 249 Å². The lowest BCUT2D eigenvalue weighted by Crippen LogP contribution is -2.14. The average molecular weight is 587 g/mol. The summed E-state index contributed by atoms with van der Waals surface area (Å²) in [6, 6.07) is 21.5. The molecule has 5 rings (SSSR count). The van der Waals surface area contributed by atoms with Gasteiger partial charge in [-0.3, -0.25) is 0 Å². The van der Waals surface area contributed by atoms with Crippen LogP contribution in [-0.2, 0) is 17.9 Å². The van der Waals surface area contributed by atoms with Gasteiger partial charge in [0.2, 0.25) is 0 Å². The molecule has 0 saturated heterocycles. The summed E-state index contributed by atoms with van der Waals surface area (Å²) in [7, 11) is 0. The Morgan fingerprint density at radius 2 is 1.86 bits per heavy atom. The van der Waals surface area contributed by atoms with Crippen LogP contribution in [0.15, 0.2) is 83.5 Å². The van der Waals surface area contributed by atoms with Gasteiger partial charge in [0.05, 0.1) is 17.1 Å². The number of rotatable bonds is 15. The van der Waals surface area contributed by atoms with E-state index in [1.807, 2.05) is 36.4 Å². The largest absolute Gasteiger partial charge is 0.487 e. The maximum Gasteiger partial charge on any atom is 0.141 e. The number of unbranched alkanes of at least 4 members (excludes halogenated alkanes) is 4. The molecule has 0 aliphatic rings. The number of carbonyl (C=O) groups is 1. The summed E-state index contributed by atoms with van der Waals surface area (Å²) in [5.74, 6) is 2.45. The first-order chi connectivity index (χ1) is 20.6. The van der Waals surface area contributed by atoms with Crippen LogP contribution in [0.4, 0.5) is 15.9 Å². The molecular formula is C33H32ClFN4O3. The van der Waals surface area contributed by atoms with E-state index in [4.69, 9.17) is 20.8 Å². The number of nitrogens with one attached hydrogen (secondary N) is 2. The number of ether oxygens (including phenoxy) is 1. The van der Waals surface area contributed by atoms with Crippen LogP contribution in [0.2, 0.25) is 5.02 Å². The number of aromatic nitrogens is 2. The number of benzene rings is 3. The maximum absolute atomic E-state index is 13.5. The third kappa shape index (κ3) is 7.93. The number of hydrogen-bond acceptors (Lipinski definition) is 7. The Balaban J connectivity index is 1.22. The van der Waals surface area contributed by atoms with Crippen LogP contribution in [0.1, 0.15) is 43.4 Å². The minimum absolute atomic E-state index is 0.206. The van der Waals surface area contributed by atoms with Crippen molar-refractivity contribution in [3.05, 3.63) is 101 Å². The summed E-state index contributed by atoms with van der Waals surface area (Å²) < 4.78 is 25.4. The van der Waals surface area contributed by atoms with Crippen LogP contribution < -0.4 is 15.4 Å². The van der Waals surface area contributed by atoms with Crippen molar-refractivity contribution in [2.45, 2.75) is 45.3 Å². The van der Waals surface area contributed by atoms with Gasteiger partial charge < -0.3 is 24.6 Å². The summed E-state index contributed by atoms with van der Waals surface area (Å²) in [4.78, 5) is 19.3. The van der Waals surface area contributed by atoms with Gasteiger partial charge in [0.15, 0.2) is 0 Å². The molecule has 9 heteroatoms. The molecule has 0 atom stereocenters. The third-order valence-corrected chi connectivity index (χ3v) is 7.08. The van der Waals surface area contributed by atoms with Gasteiger partial charge in [-0.2, -0.15) is 0 Å². The molecule has 0 aliphatic carbocycles. The van der Waals surface area contributed by atoms with Gasteiger partial charge in [-0.15, -0.1) is 0 Å². The highest BCUT2D eigenvalue weighted by Crippen LogP contribution is 2.33. The Morgan fingerprint density at radius 3 is 2.71 bits per heavy atom. The van der Waals surface area contributed by atoms with Gasteiger partial charge in [0.25, 0.3) is 0 Å². The standard InChI is InChI=1S/C33H32ClFN4O3/c34-29-19-26(10-13-32(29)41-21-23-7-6-8-25(35)17-23)39-33-28-18-24(9-12-30(28)37-22-38-33)31-14-11-27(42-31)20-36-15-4-2-1-3-5-16-40/h6-14,16-19,22,36H,1-5,15,20-21H2,(H,37,38,39). The van der Waals surface area contributed by atoms with Crippen molar-refractivity contribution in [2.75, 3.05) is 11.9 Å². The Kier molecular flexibility index (Phi) is 10.1. The van der Waals surface area contributed by atoms with Gasteiger partial charge in [-0.05, 0) is 85.6 Å². The molecule has 0 fully saturated rings. The summed E-state index contributed by atoms with van der Waals surface area (Å²) in [6.07, 6.45) is 7.38. The van der Waals surface area contributed by atoms with Gasteiger partial charge in [-0.25, -0.2) is 14.4 Å². The van der Waals surface area contributed by atoms with Crippen molar-refractivity contribution in [3.8, 4) is 17.1 Å². The van der Waals surface area contributed by atoms with E-state index in [1.165, 1.54) is 18.5 Å². The van der Waals surface area contributed by atoms with E-state index in [-0.39, 0.29) is 12.4 Å². The van der Waals surface area contributed by atoms with Crippen molar-refractivity contribution < 1.29 is 18.3 Å². The first-order valence-electron chi connectivity index (χ1n) is 14.0. The van der Waals surface area contributed by atoms with Crippen LogP contribution in [0, 0.1) is 5.82 Å². The van der Waals surface area contributed by atoms with E-state index in [0.29, 0.717) is 29.6 Å². The number of halogens is 2. The number of anilines is 2.